The van der Waals surface area contributed by atoms with Crippen LogP contribution in [0.2, 0.25) is 10.0 Å². The van der Waals surface area contributed by atoms with Crippen LogP contribution < -0.4 is 10.6 Å². The monoisotopic (exact) mass is 349 g/mol. The van der Waals surface area contributed by atoms with Gasteiger partial charge in [0.2, 0.25) is 0 Å². The van der Waals surface area contributed by atoms with E-state index in [1.165, 1.54) is 24.3 Å². The molecule has 0 saturated carbocycles. The van der Waals surface area contributed by atoms with E-state index >= 15 is 0 Å². The van der Waals surface area contributed by atoms with E-state index in [0.717, 1.165) is 0 Å². The first kappa shape index (κ1) is 15.7. The largest absolute Gasteiger partial charge is 0.332 e. The van der Waals surface area contributed by atoms with Gasteiger partial charge in [-0.2, -0.15) is 0 Å². The van der Waals surface area contributed by atoms with Gasteiger partial charge >= 0.3 is 0 Å². The summed E-state index contributed by atoms with van der Waals surface area (Å²) in [7, 11) is 0. The number of anilines is 1. The third-order valence-corrected chi connectivity index (χ3v) is 3.09. The molecule has 0 aliphatic heterocycles. The van der Waals surface area contributed by atoms with Crippen molar-refractivity contribution >= 4 is 52.1 Å². The fourth-order valence-electron chi connectivity index (χ4n) is 1.59. The minimum absolute atomic E-state index is 0.0293. The van der Waals surface area contributed by atoms with Gasteiger partial charge < -0.3 is 5.32 Å². The zero-order valence-electron chi connectivity index (χ0n) is 10.5. The van der Waals surface area contributed by atoms with Gasteiger partial charge in [-0.05, 0) is 48.6 Å². The van der Waals surface area contributed by atoms with Gasteiger partial charge in [0.05, 0.1) is 0 Å². The number of halogens is 3. The van der Waals surface area contributed by atoms with Gasteiger partial charge in [0.1, 0.15) is 5.82 Å². The first-order valence-electron chi connectivity index (χ1n) is 5.78. The minimum atomic E-state index is -0.506. The molecule has 0 spiro atoms. The molecule has 108 valence electrons. The Morgan fingerprint density at radius 3 is 2.52 bits per heavy atom. The van der Waals surface area contributed by atoms with Gasteiger partial charge in [-0.1, -0.05) is 29.3 Å². The Hall–Kier alpha value is -1.69. The summed E-state index contributed by atoms with van der Waals surface area (Å²) < 4.78 is 13.2. The molecule has 0 aromatic heterocycles. The minimum Gasteiger partial charge on any atom is -0.332 e. The molecule has 2 N–H and O–H groups in total. The molecule has 0 radical (unpaired) electrons. The second kappa shape index (κ2) is 6.85. The van der Waals surface area contributed by atoms with Crippen molar-refractivity contribution in [2.75, 3.05) is 5.32 Å². The average molecular weight is 350 g/mol. The number of nitrogens with one attached hydrogen (secondary N) is 2. The number of carbonyl (C=O) groups excluding carboxylic acids is 1. The highest BCUT2D eigenvalue weighted by molar-refractivity contribution is 7.80. The molecule has 0 aliphatic carbocycles. The fourth-order valence-corrected chi connectivity index (χ4v) is 2.22. The Morgan fingerprint density at radius 1 is 1.10 bits per heavy atom. The van der Waals surface area contributed by atoms with Gasteiger partial charge in [0.25, 0.3) is 5.91 Å². The van der Waals surface area contributed by atoms with E-state index in [4.69, 9.17) is 35.4 Å². The standard InChI is InChI=1S/C14H9Cl2FN2OS/c15-9-3-1-2-8(4-9)13(20)19-14(21)18-12-6-10(16)5-11(17)7-12/h1-7H,(H2,18,19,20,21)/i1+1,2+1,3+1,4+1,8+1,9+1,14+1. The topological polar surface area (TPSA) is 41.1 Å². The second-order valence-corrected chi connectivity index (χ2v) is 5.36. The number of benzene rings is 2. The maximum absolute atomic E-state index is 13.2. The van der Waals surface area contributed by atoms with Crippen molar-refractivity contribution in [2.24, 2.45) is 0 Å². The van der Waals surface area contributed by atoms with E-state index < -0.39 is 11.7 Å². The van der Waals surface area contributed by atoms with E-state index in [0.29, 0.717) is 16.3 Å². The van der Waals surface area contributed by atoms with Gasteiger partial charge in [0.15, 0.2) is 5.11 Å². The van der Waals surface area contributed by atoms with E-state index in [1.54, 1.807) is 18.2 Å². The Morgan fingerprint density at radius 2 is 1.86 bits per heavy atom. The summed E-state index contributed by atoms with van der Waals surface area (Å²) in [5.41, 5.74) is 0.709. The van der Waals surface area contributed by atoms with Crippen molar-refractivity contribution in [2.45, 2.75) is 0 Å². The summed E-state index contributed by atoms with van der Waals surface area (Å²) in [5.74, 6) is -0.925. The first-order chi connectivity index (χ1) is 9.94. The number of thiocarbonyl (C=S) groups is 1. The lowest BCUT2D eigenvalue weighted by Gasteiger charge is -2.10. The van der Waals surface area contributed by atoms with E-state index in [9.17, 15) is 9.18 Å². The maximum atomic E-state index is 13.2. The van der Waals surface area contributed by atoms with Gasteiger partial charge in [-0.15, -0.1) is 0 Å². The highest BCUT2D eigenvalue weighted by Crippen LogP contribution is 2.18. The number of amides is 1. The lowest BCUT2D eigenvalue weighted by Crippen LogP contribution is -2.34. The molecule has 7 heteroatoms. The molecule has 3 nitrogen and oxygen atoms in total. The van der Waals surface area contributed by atoms with Crippen molar-refractivity contribution in [1.29, 1.82) is 0 Å². The summed E-state index contributed by atoms with van der Waals surface area (Å²) >= 11 is 16.5. The second-order valence-electron chi connectivity index (χ2n) is 4.08. The molecule has 0 saturated heterocycles. The third-order valence-electron chi connectivity index (χ3n) is 2.43. The molecule has 0 heterocycles. The fraction of sp³-hybridized carbons (Fsp3) is 0. The Balaban J connectivity index is 2.03. The highest BCUT2D eigenvalue weighted by atomic mass is 35.5. The molecular formula is C14H9Cl2FN2OS. The number of hydrogen-bond acceptors (Lipinski definition) is 2. The predicted octanol–water partition coefficient (Wildman–Crippen LogP) is 4.26. The van der Waals surface area contributed by atoms with Crippen LogP contribution in [-0.4, -0.2) is 11.0 Å². The highest BCUT2D eigenvalue weighted by Gasteiger charge is 2.09. The number of hydrogen-bond donors (Lipinski definition) is 2. The van der Waals surface area contributed by atoms with Crippen LogP contribution in [0, 0.1) is 5.82 Å². The maximum Gasteiger partial charge on any atom is 0.257 e. The van der Waals surface area contributed by atoms with Crippen molar-refractivity contribution < 1.29 is 9.18 Å². The quantitative estimate of drug-likeness (QED) is 0.628. The van der Waals surface area contributed by atoms with E-state index in [1.807, 2.05) is 0 Å². The summed E-state index contributed by atoms with van der Waals surface area (Å²) in [4.78, 5) is 11.9. The summed E-state index contributed by atoms with van der Waals surface area (Å²) in [6.07, 6.45) is 0. The Labute approximate surface area is 136 Å². The van der Waals surface area contributed by atoms with E-state index in [-0.39, 0.29) is 10.1 Å². The molecule has 0 fully saturated rings. The van der Waals surface area contributed by atoms with Gasteiger partial charge in [0, 0.05) is 21.3 Å². The molecule has 0 unspecified atom stereocenters. The van der Waals surface area contributed by atoms with Crippen molar-refractivity contribution in [3.05, 3.63) is 63.9 Å². The number of carbonyl (C=O) groups is 1. The van der Waals surface area contributed by atoms with Crippen LogP contribution in [0.4, 0.5) is 10.1 Å². The number of rotatable bonds is 2. The molecular weight excluding hydrogens is 341 g/mol. The lowest BCUT2D eigenvalue weighted by molar-refractivity contribution is 0.0977. The molecule has 0 aliphatic rings. The Bertz CT molecular complexity index is 689. The Kier molecular flexibility index (Phi) is 5.12. The molecule has 1 amide bonds. The molecule has 2 aromatic carbocycles. The average Bonchev–Trinajstić information content (AvgIpc) is 2.37. The third kappa shape index (κ3) is 4.67. The van der Waals surface area contributed by atoms with Gasteiger partial charge in [-0.3, -0.25) is 10.1 Å². The predicted molar refractivity (Wildman–Crippen MR) is 86.5 cm³/mol. The van der Waals surface area contributed by atoms with Crippen LogP contribution in [-0.2, 0) is 0 Å². The van der Waals surface area contributed by atoms with Crippen LogP contribution in [0.1, 0.15) is 10.4 Å². The van der Waals surface area contributed by atoms with Crippen molar-refractivity contribution in [3.8, 4) is 0 Å². The lowest BCUT2D eigenvalue weighted by atomic mass is 10.3. The van der Waals surface area contributed by atoms with Crippen molar-refractivity contribution in [1.82, 2.24) is 5.32 Å². The van der Waals surface area contributed by atoms with E-state index in [2.05, 4.69) is 10.6 Å². The zero-order chi connectivity index (χ0) is 15.4. The molecule has 0 atom stereocenters. The van der Waals surface area contributed by atoms with Crippen LogP contribution in [0.5, 0.6) is 0 Å². The van der Waals surface area contributed by atoms with Crippen LogP contribution >= 0.6 is 35.4 Å². The molecule has 2 rings (SSSR count). The van der Waals surface area contributed by atoms with Crippen LogP contribution in [0.25, 0.3) is 0 Å². The SMILES string of the molecule is O=C(N[13C](=S)Nc1cc(F)cc(Cl)c1)[13c]1[13cH][13cH][13cH][13c](Cl)[13cH]1. The van der Waals surface area contributed by atoms with Crippen LogP contribution in [0.3, 0.4) is 0 Å². The summed E-state index contributed by atoms with van der Waals surface area (Å²) in [6, 6.07) is 10.3. The van der Waals surface area contributed by atoms with Crippen molar-refractivity contribution in [3.63, 3.8) is 0 Å². The zero-order valence-corrected chi connectivity index (χ0v) is 12.8. The van der Waals surface area contributed by atoms with Gasteiger partial charge in [-0.25, -0.2) is 4.39 Å². The summed E-state index contributed by atoms with van der Waals surface area (Å²) in [5, 5.41) is 5.84. The molecule has 2 aromatic rings. The molecule has 0 bridgehead atoms. The smallest absolute Gasteiger partial charge is 0.257 e. The van der Waals surface area contributed by atoms with Crippen LogP contribution in [0.15, 0.2) is 42.5 Å². The summed E-state index contributed by atoms with van der Waals surface area (Å²) in [6.45, 7) is 0. The first-order valence-corrected chi connectivity index (χ1v) is 6.94. The molecule has 21 heavy (non-hydrogen) atoms. The normalized spacial score (nSPS) is 10.0.